The van der Waals surface area contributed by atoms with Gasteiger partial charge in [0.1, 0.15) is 0 Å². The number of benzene rings is 2. The van der Waals surface area contributed by atoms with Crippen molar-refractivity contribution in [3.8, 4) is 11.4 Å². The molecule has 7 nitrogen and oxygen atoms in total. The van der Waals surface area contributed by atoms with Gasteiger partial charge in [-0.15, -0.1) is 0 Å². The highest BCUT2D eigenvalue weighted by Gasteiger charge is 2.10. The van der Waals surface area contributed by atoms with Gasteiger partial charge in [-0.25, -0.2) is 5.10 Å². The van der Waals surface area contributed by atoms with E-state index in [0.717, 1.165) is 11.1 Å². The molecule has 3 aromatic rings. The number of hydrogen-bond acceptors (Lipinski definition) is 5. The molecule has 0 fully saturated rings. The molecule has 0 unspecified atom stereocenters. The van der Waals surface area contributed by atoms with E-state index in [4.69, 9.17) is 12.2 Å². The Hall–Kier alpha value is -3.39. The van der Waals surface area contributed by atoms with Crippen LogP contribution in [-0.4, -0.2) is 26.0 Å². The summed E-state index contributed by atoms with van der Waals surface area (Å²) in [4.78, 5) is 10.6. The molecular weight excluding hydrogens is 350 g/mol. The number of aromatic amines is 1. The maximum absolute atomic E-state index is 11.0. The lowest BCUT2D eigenvalue weighted by atomic mass is 10.1. The Morgan fingerprint density at radius 2 is 1.96 bits per heavy atom. The van der Waals surface area contributed by atoms with E-state index in [1.165, 1.54) is 17.0 Å². The average Bonchev–Trinajstić information content (AvgIpc) is 3.00. The van der Waals surface area contributed by atoms with Crippen molar-refractivity contribution in [1.82, 2.24) is 14.9 Å². The van der Waals surface area contributed by atoms with Gasteiger partial charge in [0.25, 0.3) is 5.69 Å². The molecule has 0 aliphatic carbocycles. The zero-order chi connectivity index (χ0) is 18.5. The van der Waals surface area contributed by atoms with Gasteiger partial charge >= 0.3 is 0 Å². The Morgan fingerprint density at radius 3 is 2.73 bits per heavy atom. The lowest BCUT2D eigenvalue weighted by Crippen LogP contribution is -1.95. The first-order chi connectivity index (χ1) is 12.6. The molecule has 8 heteroatoms. The number of rotatable bonds is 5. The van der Waals surface area contributed by atoms with Crippen molar-refractivity contribution in [1.29, 1.82) is 0 Å². The highest BCUT2D eigenvalue weighted by molar-refractivity contribution is 7.71. The van der Waals surface area contributed by atoms with Crippen LogP contribution in [0, 0.1) is 21.8 Å². The van der Waals surface area contributed by atoms with Gasteiger partial charge in [0, 0.05) is 17.8 Å². The van der Waals surface area contributed by atoms with Crippen molar-refractivity contribution in [2.24, 2.45) is 5.10 Å². The summed E-state index contributed by atoms with van der Waals surface area (Å²) in [5.41, 5.74) is 2.50. The van der Waals surface area contributed by atoms with Gasteiger partial charge < -0.3 is 0 Å². The zero-order valence-electron chi connectivity index (χ0n) is 13.9. The molecule has 0 bridgehead atoms. The van der Waals surface area contributed by atoms with Crippen molar-refractivity contribution in [3.63, 3.8) is 0 Å². The molecule has 130 valence electrons. The Labute approximate surface area is 154 Å². The third-order valence-electron chi connectivity index (χ3n) is 3.71. The van der Waals surface area contributed by atoms with E-state index in [2.05, 4.69) is 15.3 Å². The summed E-state index contributed by atoms with van der Waals surface area (Å²) in [7, 11) is 0. The molecule has 0 saturated carbocycles. The van der Waals surface area contributed by atoms with Crippen LogP contribution >= 0.6 is 12.2 Å². The molecule has 0 aliphatic heterocycles. The van der Waals surface area contributed by atoms with Crippen LogP contribution in [0.2, 0.25) is 0 Å². The van der Waals surface area contributed by atoms with Crippen molar-refractivity contribution in [3.05, 3.63) is 80.6 Å². The number of hydrogen-bond donors (Lipinski definition) is 1. The number of para-hydroxylation sites is 1. The topological polar surface area (TPSA) is 89.1 Å². The maximum atomic E-state index is 11.0. The van der Waals surface area contributed by atoms with E-state index in [0.29, 0.717) is 16.2 Å². The third-order valence-corrected chi connectivity index (χ3v) is 3.98. The molecule has 1 heterocycles. The van der Waals surface area contributed by atoms with Crippen LogP contribution in [0.5, 0.6) is 0 Å². The highest BCUT2D eigenvalue weighted by Crippen LogP contribution is 2.21. The number of nitrogens with one attached hydrogen (secondary N) is 1. The molecular formula is C18H15N5O2S. The van der Waals surface area contributed by atoms with Gasteiger partial charge in [-0.1, -0.05) is 36.4 Å². The number of aromatic nitrogens is 3. The molecule has 1 N–H and O–H groups in total. The summed E-state index contributed by atoms with van der Waals surface area (Å²) in [6.07, 6.45) is 4.77. The Balaban J connectivity index is 1.89. The molecule has 1 aromatic heterocycles. The van der Waals surface area contributed by atoms with Gasteiger partial charge in [0.15, 0.2) is 5.82 Å². The van der Waals surface area contributed by atoms with Crippen molar-refractivity contribution >= 4 is 30.2 Å². The molecule has 0 aliphatic rings. The molecule has 3 rings (SSSR count). The normalized spacial score (nSPS) is 11.4. The SMILES string of the molecule is Cc1ccccc1-c1n[nH]c(=S)n1/N=C/C=C/c1ccccc1[N+](=O)[O-]. The molecule has 0 spiro atoms. The molecule has 26 heavy (non-hydrogen) atoms. The van der Waals surface area contributed by atoms with Crippen molar-refractivity contribution < 1.29 is 4.92 Å². The fourth-order valence-electron chi connectivity index (χ4n) is 2.44. The highest BCUT2D eigenvalue weighted by atomic mass is 32.1. The minimum absolute atomic E-state index is 0.0395. The van der Waals surface area contributed by atoms with Crippen LogP contribution in [0.25, 0.3) is 17.5 Å². The fraction of sp³-hybridized carbons (Fsp3) is 0.0556. The lowest BCUT2D eigenvalue weighted by molar-refractivity contribution is -0.385. The first-order valence-corrected chi connectivity index (χ1v) is 8.16. The minimum atomic E-state index is -0.417. The van der Waals surface area contributed by atoms with Crippen LogP contribution in [-0.2, 0) is 0 Å². The van der Waals surface area contributed by atoms with Gasteiger partial charge in [0.2, 0.25) is 4.77 Å². The summed E-state index contributed by atoms with van der Waals surface area (Å²) < 4.78 is 1.88. The Kier molecular flexibility index (Phi) is 5.14. The zero-order valence-corrected chi connectivity index (χ0v) is 14.7. The molecule has 0 saturated heterocycles. The Morgan fingerprint density at radius 1 is 1.23 bits per heavy atom. The quantitative estimate of drug-likeness (QED) is 0.315. The van der Waals surface area contributed by atoms with Gasteiger partial charge in [-0.05, 0) is 42.9 Å². The average molecular weight is 365 g/mol. The second kappa shape index (κ2) is 7.66. The van der Waals surface area contributed by atoms with E-state index in [1.807, 2.05) is 31.2 Å². The van der Waals surface area contributed by atoms with E-state index >= 15 is 0 Å². The standard InChI is InChI=1S/C18H15N5O2S/c1-13-7-2-4-10-15(13)17-20-21-18(26)22(17)19-12-6-9-14-8-3-5-11-16(14)23(24)25/h2-12H,1H3,(H,21,26)/b9-6+,19-12+. The smallest absolute Gasteiger partial charge is 0.258 e. The largest absolute Gasteiger partial charge is 0.276 e. The van der Waals surface area contributed by atoms with Gasteiger partial charge in [-0.2, -0.15) is 14.9 Å². The summed E-state index contributed by atoms with van der Waals surface area (Å²) in [5.74, 6) is 0.600. The second-order valence-corrected chi connectivity index (χ2v) is 5.81. The predicted octanol–water partition coefficient (Wildman–Crippen LogP) is 4.37. The molecule has 2 aromatic carbocycles. The van der Waals surface area contributed by atoms with E-state index < -0.39 is 4.92 Å². The third kappa shape index (κ3) is 3.65. The second-order valence-electron chi connectivity index (χ2n) is 5.42. The predicted molar refractivity (Wildman–Crippen MR) is 104 cm³/mol. The summed E-state index contributed by atoms with van der Waals surface area (Å²) in [6, 6.07) is 14.3. The summed E-state index contributed by atoms with van der Waals surface area (Å²) in [5, 5.41) is 22.3. The van der Waals surface area contributed by atoms with E-state index in [-0.39, 0.29) is 5.69 Å². The maximum Gasteiger partial charge on any atom is 0.276 e. The molecule has 0 atom stereocenters. The van der Waals surface area contributed by atoms with Crippen LogP contribution in [0.3, 0.4) is 0 Å². The number of nitro groups is 1. The summed E-state index contributed by atoms with van der Waals surface area (Å²) in [6.45, 7) is 1.98. The summed E-state index contributed by atoms with van der Waals surface area (Å²) >= 11 is 5.23. The first-order valence-electron chi connectivity index (χ1n) is 7.76. The van der Waals surface area contributed by atoms with Crippen LogP contribution < -0.4 is 0 Å². The fourth-order valence-corrected chi connectivity index (χ4v) is 2.62. The van der Waals surface area contributed by atoms with Gasteiger partial charge in [0.05, 0.1) is 10.5 Å². The molecule has 0 radical (unpaired) electrons. The van der Waals surface area contributed by atoms with Crippen LogP contribution in [0.1, 0.15) is 11.1 Å². The van der Waals surface area contributed by atoms with Crippen LogP contribution in [0.15, 0.2) is 59.7 Å². The van der Waals surface area contributed by atoms with E-state index in [9.17, 15) is 10.1 Å². The van der Waals surface area contributed by atoms with Crippen molar-refractivity contribution in [2.45, 2.75) is 6.92 Å². The van der Waals surface area contributed by atoms with Crippen molar-refractivity contribution in [2.75, 3.05) is 0 Å². The number of nitrogens with zero attached hydrogens (tertiary/aromatic N) is 4. The Bertz CT molecular complexity index is 1070. The van der Waals surface area contributed by atoms with Crippen LogP contribution in [0.4, 0.5) is 5.69 Å². The lowest BCUT2D eigenvalue weighted by Gasteiger charge is -2.03. The number of allylic oxidation sites excluding steroid dienone is 1. The minimum Gasteiger partial charge on any atom is -0.258 e. The van der Waals surface area contributed by atoms with Gasteiger partial charge in [-0.3, -0.25) is 10.1 Å². The number of nitro benzene ring substituents is 1. The monoisotopic (exact) mass is 365 g/mol. The van der Waals surface area contributed by atoms with E-state index in [1.54, 1.807) is 30.4 Å². The number of aryl methyl sites for hydroxylation is 1. The number of H-pyrrole nitrogens is 1. The molecule has 0 amide bonds. The first kappa shape index (κ1) is 17.4.